The Balaban J connectivity index is 2.07. The number of benzene rings is 2. The van der Waals surface area contributed by atoms with Crippen LogP contribution < -0.4 is 4.74 Å². The zero-order valence-corrected chi connectivity index (χ0v) is 15.4. The highest BCUT2D eigenvalue weighted by atomic mass is 79.9. The molecule has 0 heterocycles. The van der Waals surface area contributed by atoms with Crippen LogP contribution in [0.2, 0.25) is 0 Å². The summed E-state index contributed by atoms with van der Waals surface area (Å²) in [6.07, 6.45) is 0.0524. The molecule has 0 saturated carbocycles. The number of esters is 1. The Morgan fingerprint density at radius 3 is 2.25 bits per heavy atom. The Morgan fingerprint density at radius 1 is 1.08 bits per heavy atom. The fourth-order valence-electron chi connectivity index (χ4n) is 2.21. The summed E-state index contributed by atoms with van der Waals surface area (Å²) in [5, 5.41) is 0. The molecule has 0 unspecified atom stereocenters. The number of hydrogen-bond donors (Lipinski definition) is 0. The molecule has 0 aromatic heterocycles. The van der Waals surface area contributed by atoms with E-state index in [9.17, 15) is 9.59 Å². The molecule has 2 aromatic rings. The first-order valence-electron chi connectivity index (χ1n) is 7.64. The van der Waals surface area contributed by atoms with Gasteiger partial charge < -0.3 is 9.47 Å². The van der Waals surface area contributed by atoms with E-state index in [-0.39, 0.29) is 5.78 Å². The van der Waals surface area contributed by atoms with Crippen molar-refractivity contribution in [1.29, 1.82) is 0 Å². The topological polar surface area (TPSA) is 52.6 Å². The van der Waals surface area contributed by atoms with Gasteiger partial charge in [0.2, 0.25) is 5.78 Å². The summed E-state index contributed by atoms with van der Waals surface area (Å²) in [5.74, 6) is -0.158. The molecule has 0 amide bonds. The quantitative estimate of drug-likeness (QED) is 0.540. The fraction of sp³-hybridized carbons (Fsp3) is 0.263. The normalized spacial score (nSPS) is 11.7. The number of rotatable bonds is 6. The zero-order valence-electron chi connectivity index (χ0n) is 13.8. The highest BCUT2D eigenvalue weighted by molar-refractivity contribution is 9.10. The maximum absolute atomic E-state index is 12.4. The summed E-state index contributed by atoms with van der Waals surface area (Å²) in [6, 6.07) is 12.2. The molecular formula is C19H19BrO4. The first kappa shape index (κ1) is 18.2. The van der Waals surface area contributed by atoms with Crippen LogP contribution in [0, 0.1) is 0 Å². The summed E-state index contributed by atoms with van der Waals surface area (Å²) in [6.45, 7) is 3.63. The number of ether oxygens (including phenoxy) is 2. The molecule has 0 saturated heterocycles. The molecule has 0 aliphatic heterocycles. The van der Waals surface area contributed by atoms with Crippen molar-refractivity contribution in [3.63, 3.8) is 0 Å². The molecule has 0 spiro atoms. The van der Waals surface area contributed by atoms with E-state index in [1.54, 1.807) is 44.4 Å². The lowest BCUT2D eigenvalue weighted by molar-refractivity contribution is 0.0318. The monoisotopic (exact) mass is 390 g/mol. The smallest absolute Gasteiger partial charge is 0.338 e. The zero-order chi connectivity index (χ0) is 17.7. The van der Waals surface area contributed by atoms with E-state index >= 15 is 0 Å². The maximum atomic E-state index is 12.4. The average molecular weight is 391 g/mol. The third-order valence-electron chi connectivity index (χ3n) is 3.69. The van der Waals surface area contributed by atoms with E-state index in [0.717, 1.165) is 12.0 Å². The minimum atomic E-state index is -0.856. The molecule has 0 aliphatic rings. The predicted octanol–water partition coefficient (Wildman–Crippen LogP) is 4.45. The van der Waals surface area contributed by atoms with Crippen molar-refractivity contribution in [1.82, 2.24) is 0 Å². The first-order valence-corrected chi connectivity index (χ1v) is 8.43. The van der Waals surface area contributed by atoms with Crippen molar-refractivity contribution < 1.29 is 19.1 Å². The lowest BCUT2D eigenvalue weighted by atomic mass is 10.0. The molecule has 5 heteroatoms. The number of ketones is 1. The standard InChI is InChI=1S/C19H19BrO4/c1-4-13-5-7-14(8-6-13)18(21)12(2)24-19(22)15-9-10-17(23-3)16(20)11-15/h5-12H,4H2,1-3H3/t12-/m1/s1. The van der Waals surface area contributed by atoms with Gasteiger partial charge in [-0.15, -0.1) is 0 Å². The summed E-state index contributed by atoms with van der Waals surface area (Å²) < 4.78 is 11.1. The number of aryl methyl sites for hydroxylation is 1. The number of carbonyl (C=O) groups is 2. The van der Waals surface area contributed by atoms with Crippen LogP contribution in [-0.4, -0.2) is 25.0 Å². The molecule has 0 aliphatic carbocycles. The Morgan fingerprint density at radius 2 is 1.71 bits per heavy atom. The van der Waals surface area contributed by atoms with Crippen LogP contribution in [0.15, 0.2) is 46.9 Å². The number of halogens is 1. The van der Waals surface area contributed by atoms with Gasteiger partial charge in [0, 0.05) is 5.56 Å². The maximum Gasteiger partial charge on any atom is 0.338 e. The van der Waals surface area contributed by atoms with E-state index in [1.165, 1.54) is 0 Å². The van der Waals surface area contributed by atoms with Crippen LogP contribution in [0.5, 0.6) is 5.75 Å². The van der Waals surface area contributed by atoms with Gasteiger partial charge in [-0.05, 0) is 53.0 Å². The highest BCUT2D eigenvalue weighted by Crippen LogP contribution is 2.26. The second-order valence-corrected chi connectivity index (χ2v) is 6.17. The van der Waals surface area contributed by atoms with E-state index in [1.807, 2.05) is 19.1 Å². The minimum absolute atomic E-state index is 0.224. The second-order valence-electron chi connectivity index (χ2n) is 5.31. The van der Waals surface area contributed by atoms with Crippen LogP contribution in [0.4, 0.5) is 0 Å². The van der Waals surface area contributed by atoms with Gasteiger partial charge in [0.25, 0.3) is 0 Å². The van der Waals surface area contributed by atoms with Gasteiger partial charge >= 0.3 is 5.97 Å². The van der Waals surface area contributed by atoms with Crippen molar-refractivity contribution >= 4 is 27.7 Å². The van der Waals surface area contributed by atoms with E-state index in [0.29, 0.717) is 21.3 Å². The molecule has 0 bridgehead atoms. The molecule has 1 atom stereocenters. The lowest BCUT2D eigenvalue weighted by Crippen LogP contribution is -2.24. The third kappa shape index (κ3) is 4.23. The molecule has 0 N–H and O–H groups in total. The highest BCUT2D eigenvalue weighted by Gasteiger charge is 2.21. The third-order valence-corrected chi connectivity index (χ3v) is 4.31. The number of carbonyl (C=O) groups excluding carboxylic acids is 2. The number of methoxy groups -OCH3 is 1. The van der Waals surface area contributed by atoms with Crippen LogP contribution >= 0.6 is 15.9 Å². The molecular weight excluding hydrogens is 372 g/mol. The molecule has 126 valence electrons. The molecule has 4 nitrogen and oxygen atoms in total. The van der Waals surface area contributed by atoms with Crippen molar-refractivity contribution in [2.75, 3.05) is 7.11 Å². The summed E-state index contributed by atoms with van der Waals surface area (Å²) >= 11 is 3.32. The van der Waals surface area contributed by atoms with Gasteiger partial charge in [-0.25, -0.2) is 4.79 Å². The van der Waals surface area contributed by atoms with Crippen molar-refractivity contribution in [3.05, 3.63) is 63.6 Å². The Hall–Kier alpha value is -2.14. The summed E-state index contributed by atoms with van der Waals surface area (Å²) in [4.78, 5) is 24.6. The van der Waals surface area contributed by atoms with Gasteiger partial charge in [-0.2, -0.15) is 0 Å². The Kier molecular flexibility index (Phi) is 6.15. The van der Waals surface area contributed by atoms with Crippen LogP contribution in [0.25, 0.3) is 0 Å². The van der Waals surface area contributed by atoms with Gasteiger partial charge in [0.05, 0.1) is 17.1 Å². The van der Waals surface area contributed by atoms with Crippen molar-refractivity contribution in [2.45, 2.75) is 26.4 Å². The summed E-state index contributed by atoms with van der Waals surface area (Å²) in [5.41, 5.74) is 2.03. The van der Waals surface area contributed by atoms with Gasteiger partial charge in [0.15, 0.2) is 6.10 Å². The second kappa shape index (κ2) is 8.11. The molecule has 24 heavy (non-hydrogen) atoms. The van der Waals surface area contributed by atoms with E-state index in [4.69, 9.17) is 9.47 Å². The lowest BCUT2D eigenvalue weighted by Gasteiger charge is -2.13. The van der Waals surface area contributed by atoms with Crippen molar-refractivity contribution in [3.8, 4) is 5.75 Å². The van der Waals surface area contributed by atoms with Gasteiger partial charge in [-0.1, -0.05) is 31.2 Å². The van der Waals surface area contributed by atoms with Crippen LogP contribution in [0.3, 0.4) is 0 Å². The Labute approximate surface area is 149 Å². The van der Waals surface area contributed by atoms with E-state index < -0.39 is 12.1 Å². The van der Waals surface area contributed by atoms with Crippen LogP contribution in [0.1, 0.15) is 40.1 Å². The van der Waals surface area contributed by atoms with E-state index in [2.05, 4.69) is 15.9 Å². The number of Topliss-reactive ketones (excluding diaryl/α,β-unsaturated/α-hetero) is 1. The van der Waals surface area contributed by atoms with Crippen LogP contribution in [-0.2, 0) is 11.2 Å². The summed E-state index contributed by atoms with van der Waals surface area (Å²) in [7, 11) is 1.54. The van der Waals surface area contributed by atoms with Crippen molar-refractivity contribution in [2.24, 2.45) is 0 Å². The minimum Gasteiger partial charge on any atom is -0.496 e. The molecule has 0 fully saturated rings. The Bertz CT molecular complexity index is 738. The number of hydrogen-bond acceptors (Lipinski definition) is 4. The van der Waals surface area contributed by atoms with Gasteiger partial charge in [-0.3, -0.25) is 4.79 Å². The predicted molar refractivity (Wildman–Crippen MR) is 95.7 cm³/mol. The molecule has 2 aromatic carbocycles. The first-order chi connectivity index (χ1) is 11.5. The SMILES string of the molecule is CCc1ccc(C(=O)[C@@H](C)OC(=O)c2ccc(OC)c(Br)c2)cc1. The largest absolute Gasteiger partial charge is 0.496 e. The molecule has 0 radical (unpaired) electrons. The fourth-order valence-corrected chi connectivity index (χ4v) is 2.76. The molecule has 2 rings (SSSR count). The van der Waals surface area contributed by atoms with Gasteiger partial charge in [0.1, 0.15) is 5.75 Å². The average Bonchev–Trinajstić information content (AvgIpc) is 2.60.